The van der Waals surface area contributed by atoms with Crippen molar-refractivity contribution in [3.8, 4) is 0 Å². The number of carbonyl (C=O) groups excluding carboxylic acids is 3. The van der Waals surface area contributed by atoms with Gasteiger partial charge in [-0.05, 0) is 61.4 Å². The van der Waals surface area contributed by atoms with Crippen molar-refractivity contribution in [3.63, 3.8) is 0 Å². The molecular formula is C22H22N2O5. The molecule has 0 saturated heterocycles. The van der Waals surface area contributed by atoms with Gasteiger partial charge in [0.25, 0.3) is 5.91 Å². The van der Waals surface area contributed by atoms with Gasteiger partial charge in [0, 0.05) is 22.2 Å². The van der Waals surface area contributed by atoms with Crippen LogP contribution in [0.4, 0.5) is 5.69 Å². The molecule has 1 heterocycles. The number of rotatable bonds is 6. The first-order valence-corrected chi connectivity index (χ1v) is 9.09. The lowest BCUT2D eigenvalue weighted by Gasteiger charge is -2.07. The average molecular weight is 394 g/mol. The van der Waals surface area contributed by atoms with E-state index >= 15 is 0 Å². The largest absolute Gasteiger partial charge is 0.468 e. The fourth-order valence-electron chi connectivity index (χ4n) is 2.88. The molecule has 7 heteroatoms. The lowest BCUT2D eigenvalue weighted by Crippen LogP contribution is -2.30. The second-order valence-corrected chi connectivity index (χ2v) is 6.75. The number of esters is 1. The Bertz CT molecular complexity index is 1070. The SMILES string of the molecule is COC(=O)CNC(=O)c1ccc(NC(=O)Cc2coc3cc(C)c(C)cc23)cc1. The third-order valence-electron chi connectivity index (χ3n) is 4.67. The summed E-state index contributed by atoms with van der Waals surface area (Å²) in [7, 11) is 1.25. The summed E-state index contributed by atoms with van der Waals surface area (Å²) in [5, 5.41) is 6.20. The van der Waals surface area contributed by atoms with E-state index in [1.165, 1.54) is 7.11 Å². The molecule has 0 unspecified atom stereocenters. The molecule has 0 aliphatic heterocycles. The van der Waals surface area contributed by atoms with E-state index in [1.54, 1.807) is 30.5 Å². The van der Waals surface area contributed by atoms with Crippen molar-refractivity contribution in [3.05, 3.63) is 64.9 Å². The molecule has 1 aromatic heterocycles. The van der Waals surface area contributed by atoms with Crippen LogP contribution in [0.1, 0.15) is 27.0 Å². The second-order valence-electron chi connectivity index (χ2n) is 6.75. The van der Waals surface area contributed by atoms with Gasteiger partial charge in [-0.25, -0.2) is 0 Å². The highest BCUT2D eigenvalue weighted by molar-refractivity contribution is 5.98. The van der Waals surface area contributed by atoms with Crippen molar-refractivity contribution in [2.75, 3.05) is 19.0 Å². The third kappa shape index (κ3) is 4.82. The van der Waals surface area contributed by atoms with Crippen LogP contribution in [0.25, 0.3) is 11.0 Å². The van der Waals surface area contributed by atoms with E-state index in [9.17, 15) is 14.4 Å². The molecular weight excluding hydrogens is 372 g/mol. The molecule has 0 radical (unpaired) electrons. The number of anilines is 1. The summed E-state index contributed by atoms with van der Waals surface area (Å²) in [5.41, 5.74) is 4.80. The Morgan fingerprint density at radius 1 is 1.03 bits per heavy atom. The summed E-state index contributed by atoms with van der Waals surface area (Å²) >= 11 is 0. The van der Waals surface area contributed by atoms with Gasteiger partial charge in [-0.15, -0.1) is 0 Å². The minimum atomic E-state index is -0.528. The predicted molar refractivity (Wildman–Crippen MR) is 109 cm³/mol. The number of carbonyl (C=O) groups is 3. The van der Waals surface area contributed by atoms with E-state index in [0.29, 0.717) is 11.3 Å². The Kier molecular flexibility index (Phi) is 5.97. The van der Waals surface area contributed by atoms with Crippen LogP contribution in [0.15, 0.2) is 47.1 Å². The molecule has 0 bridgehead atoms. The quantitative estimate of drug-likeness (QED) is 0.626. The lowest BCUT2D eigenvalue weighted by molar-refractivity contribution is -0.139. The zero-order chi connectivity index (χ0) is 21.0. The predicted octanol–water partition coefficient (Wildman–Crippen LogP) is 3.13. The van der Waals surface area contributed by atoms with Crippen molar-refractivity contribution < 1.29 is 23.5 Å². The maximum absolute atomic E-state index is 12.4. The van der Waals surface area contributed by atoms with Gasteiger partial charge in [-0.3, -0.25) is 14.4 Å². The Morgan fingerprint density at radius 2 is 1.72 bits per heavy atom. The van der Waals surface area contributed by atoms with Gasteiger partial charge < -0.3 is 19.8 Å². The van der Waals surface area contributed by atoms with Crippen LogP contribution in [0, 0.1) is 13.8 Å². The zero-order valence-electron chi connectivity index (χ0n) is 16.5. The molecule has 150 valence electrons. The van der Waals surface area contributed by atoms with Crippen molar-refractivity contribution in [1.82, 2.24) is 5.32 Å². The zero-order valence-corrected chi connectivity index (χ0v) is 16.5. The van der Waals surface area contributed by atoms with Crippen molar-refractivity contribution in [2.45, 2.75) is 20.3 Å². The summed E-state index contributed by atoms with van der Waals surface area (Å²) in [6, 6.07) is 10.4. The molecule has 2 aromatic carbocycles. The number of amides is 2. The van der Waals surface area contributed by atoms with Crippen LogP contribution in [0.3, 0.4) is 0 Å². The Morgan fingerprint density at radius 3 is 2.41 bits per heavy atom. The fraction of sp³-hybridized carbons (Fsp3) is 0.227. The molecule has 29 heavy (non-hydrogen) atoms. The van der Waals surface area contributed by atoms with E-state index in [1.807, 2.05) is 26.0 Å². The molecule has 3 rings (SSSR count). The summed E-state index contributed by atoms with van der Waals surface area (Å²) in [6.45, 7) is 3.84. The van der Waals surface area contributed by atoms with Crippen molar-refractivity contribution in [2.24, 2.45) is 0 Å². The van der Waals surface area contributed by atoms with Crippen LogP contribution in [0.2, 0.25) is 0 Å². The highest BCUT2D eigenvalue weighted by atomic mass is 16.5. The van der Waals surface area contributed by atoms with E-state index in [0.717, 1.165) is 27.7 Å². The highest BCUT2D eigenvalue weighted by Crippen LogP contribution is 2.25. The minimum absolute atomic E-state index is 0.177. The number of hydrogen-bond acceptors (Lipinski definition) is 5. The Hall–Kier alpha value is -3.61. The van der Waals surface area contributed by atoms with Gasteiger partial charge in [0.15, 0.2) is 0 Å². The van der Waals surface area contributed by atoms with Crippen LogP contribution in [0.5, 0.6) is 0 Å². The van der Waals surface area contributed by atoms with Crippen LogP contribution < -0.4 is 10.6 Å². The Labute approximate surface area is 168 Å². The van der Waals surface area contributed by atoms with Gasteiger partial charge >= 0.3 is 5.97 Å². The molecule has 2 N–H and O–H groups in total. The molecule has 0 aliphatic rings. The average Bonchev–Trinajstić information content (AvgIpc) is 3.08. The number of ether oxygens (including phenoxy) is 1. The molecule has 0 fully saturated rings. The van der Waals surface area contributed by atoms with Gasteiger partial charge in [0.2, 0.25) is 5.91 Å². The van der Waals surface area contributed by atoms with Crippen LogP contribution in [-0.4, -0.2) is 31.4 Å². The number of benzene rings is 2. The van der Waals surface area contributed by atoms with Gasteiger partial charge in [-0.2, -0.15) is 0 Å². The maximum atomic E-state index is 12.4. The van der Waals surface area contributed by atoms with E-state index in [-0.39, 0.29) is 18.9 Å². The van der Waals surface area contributed by atoms with E-state index in [2.05, 4.69) is 15.4 Å². The van der Waals surface area contributed by atoms with E-state index in [4.69, 9.17) is 4.42 Å². The van der Waals surface area contributed by atoms with Gasteiger partial charge in [0.05, 0.1) is 19.8 Å². The number of furan rings is 1. The summed E-state index contributed by atoms with van der Waals surface area (Å²) in [5.74, 6) is -1.11. The summed E-state index contributed by atoms with van der Waals surface area (Å²) < 4.78 is 10.0. The standard InChI is InChI=1S/C22H22N2O5/c1-13-8-18-16(12-29-19(18)9-14(13)2)10-20(25)24-17-6-4-15(5-7-17)22(27)23-11-21(26)28-3/h4-9,12H,10-11H2,1-3H3,(H,23,27)(H,24,25). The normalized spacial score (nSPS) is 10.6. The molecule has 0 atom stereocenters. The topological polar surface area (TPSA) is 97.6 Å². The first-order chi connectivity index (χ1) is 13.9. The molecule has 0 spiro atoms. The molecule has 7 nitrogen and oxygen atoms in total. The minimum Gasteiger partial charge on any atom is -0.468 e. The smallest absolute Gasteiger partial charge is 0.325 e. The summed E-state index contributed by atoms with van der Waals surface area (Å²) in [6.07, 6.45) is 1.79. The third-order valence-corrected chi connectivity index (χ3v) is 4.67. The Balaban J connectivity index is 1.62. The van der Waals surface area contributed by atoms with Gasteiger partial charge in [-0.1, -0.05) is 0 Å². The lowest BCUT2D eigenvalue weighted by atomic mass is 10.0. The second kappa shape index (κ2) is 8.60. The van der Waals surface area contributed by atoms with Crippen molar-refractivity contribution >= 4 is 34.4 Å². The van der Waals surface area contributed by atoms with Crippen LogP contribution >= 0.6 is 0 Å². The maximum Gasteiger partial charge on any atom is 0.325 e. The molecule has 0 aliphatic carbocycles. The number of hydrogen-bond donors (Lipinski definition) is 2. The number of aryl methyl sites for hydroxylation is 2. The number of fused-ring (bicyclic) bond motifs is 1. The first kappa shape index (κ1) is 20.1. The highest BCUT2D eigenvalue weighted by Gasteiger charge is 2.13. The van der Waals surface area contributed by atoms with Crippen LogP contribution in [-0.2, 0) is 20.7 Å². The van der Waals surface area contributed by atoms with E-state index < -0.39 is 11.9 Å². The fourth-order valence-corrected chi connectivity index (χ4v) is 2.88. The van der Waals surface area contributed by atoms with Gasteiger partial charge in [0.1, 0.15) is 12.1 Å². The monoisotopic (exact) mass is 394 g/mol. The number of methoxy groups -OCH3 is 1. The van der Waals surface area contributed by atoms with Crippen molar-refractivity contribution in [1.29, 1.82) is 0 Å². The molecule has 3 aromatic rings. The first-order valence-electron chi connectivity index (χ1n) is 9.09. The molecule has 0 saturated carbocycles. The number of nitrogens with one attached hydrogen (secondary N) is 2. The molecule has 2 amide bonds. The summed E-state index contributed by atoms with van der Waals surface area (Å²) in [4.78, 5) is 35.5.